The van der Waals surface area contributed by atoms with Crippen LogP contribution < -0.4 is 9.62 Å². The third kappa shape index (κ3) is 8.56. The van der Waals surface area contributed by atoms with Gasteiger partial charge in [0, 0.05) is 24.0 Å². The Morgan fingerprint density at radius 1 is 0.826 bits per heavy atom. The zero-order chi connectivity index (χ0) is 32.5. The fourth-order valence-electron chi connectivity index (χ4n) is 5.92. The van der Waals surface area contributed by atoms with E-state index in [-0.39, 0.29) is 29.8 Å². The Morgan fingerprint density at radius 3 is 2.09 bits per heavy atom. The van der Waals surface area contributed by atoms with Gasteiger partial charge in [-0.3, -0.25) is 13.9 Å². The van der Waals surface area contributed by atoms with Gasteiger partial charge in [-0.15, -0.1) is 0 Å². The van der Waals surface area contributed by atoms with Gasteiger partial charge in [-0.25, -0.2) is 8.42 Å². The van der Waals surface area contributed by atoms with Gasteiger partial charge in [-0.05, 0) is 72.9 Å². The molecule has 1 saturated carbocycles. The minimum absolute atomic E-state index is 0.0108. The summed E-state index contributed by atoms with van der Waals surface area (Å²) in [5.74, 6) is -0.717. The molecule has 5 rings (SSSR count). The van der Waals surface area contributed by atoms with Gasteiger partial charge in [0.15, 0.2) is 0 Å². The molecule has 1 fully saturated rings. The Morgan fingerprint density at radius 2 is 1.46 bits per heavy atom. The number of hydrogen-bond donors (Lipinski definition) is 1. The van der Waals surface area contributed by atoms with Crippen molar-refractivity contribution in [2.24, 2.45) is 0 Å². The number of benzene rings is 4. The number of amides is 2. The van der Waals surface area contributed by atoms with E-state index in [2.05, 4.69) is 5.32 Å². The highest BCUT2D eigenvalue weighted by Gasteiger charge is 2.35. The third-order valence-electron chi connectivity index (χ3n) is 8.39. The number of carbonyl (C=O) groups is 2. The fourth-order valence-corrected chi connectivity index (χ4v) is 7.46. The average Bonchev–Trinajstić information content (AvgIpc) is 3.06. The highest BCUT2D eigenvalue weighted by molar-refractivity contribution is 7.92. The van der Waals surface area contributed by atoms with Gasteiger partial charge >= 0.3 is 0 Å². The zero-order valence-electron chi connectivity index (χ0n) is 26.0. The fraction of sp³-hybridized carbons (Fsp3) is 0.297. The molecule has 4 aromatic rings. The largest absolute Gasteiger partial charge is 0.352 e. The Kier molecular flexibility index (Phi) is 11.1. The molecule has 9 heteroatoms. The van der Waals surface area contributed by atoms with Gasteiger partial charge in [0.25, 0.3) is 10.0 Å². The van der Waals surface area contributed by atoms with E-state index in [0.29, 0.717) is 10.7 Å². The molecule has 0 saturated heterocycles. The third-order valence-corrected chi connectivity index (χ3v) is 10.4. The first-order valence-corrected chi connectivity index (χ1v) is 17.6. The van der Waals surface area contributed by atoms with Crippen molar-refractivity contribution in [1.82, 2.24) is 10.2 Å². The number of nitrogens with zero attached hydrogens (tertiary/aromatic N) is 2. The van der Waals surface area contributed by atoms with Gasteiger partial charge in [0.2, 0.25) is 11.8 Å². The van der Waals surface area contributed by atoms with Crippen LogP contribution in [0.4, 0.5) is 5.69 Å². The summed E-state index contributed by atoms with van der Waals surface area (Å²) in [6.07, 6.45) is 5.33. The Labute approximate surface area is 277 Å². The maximum Gasteiger partial charge on any atom is 0.264 e. The van der Waals surface area contributed by atoms with Gasteiger partial charge in [0.1, 0.15) is 12.6 Å². The van der Waals surface area contributed by atoms with Crippen LogP contribution in [0.3, 0.4) is 0 Å². The summed E-state index contributed by atoms with van der Waals surface area (Å²) in [5.41, 5.74) is 2.94. The van der Waals surface area contributed by atoms with Gasteiger partial charge in [-0.2, -0.15) is 0 Å². The van der Waals surface area contributed by atoms with Crippen LogP contribution in [0.25, 0.3) is 0 Å². The summed E-state index contributed by atoms with van der Waals surface area (Å²) >= 11 is 6.08. The van der Waals surface area contributed by atoms with E-state index in [4.69, 9.17) is 11.6 Å². The van der Waals surface area contributed by atoms with Gasteiger partial charge in [0.05, 0.1) is 10.6 Å². The molecule has 1 N–H and O–H groups in total. The highest BCUT2D eigenvalue weighted by Crippen LogP contribution is 2.27. The maximum atomic E-state index is 14.6. The lowest BCUT2D eigenvalue weighted by Crippen LogP contribution is -2.55. The van der Waals surface area contributed by atoms with Crippen LogP contribution in [0, 0.1) is 6.92 Å². The molecule has 1 aliphatic rings. The number of hydrogen-bond acceptors (Lipinski definition) is 4. The van der Waals surface area contributed by atoms with Crippen LogP contribution in [-0.4, -0.2) is 43.8 Å². The molecule has 0 aromatic heterocycles. The monoisotopic (exact) mass is 657 g/mol. The molecule has 0 heterocycles. The molecule has 1 aliphatic carbocycles. The molecule has 0 aliphatic heterocycles. The van der Waals surface area contributed by atoms with Crippen molar-refractivity contribution in [1.29, 1.82) is 0 Å². The number of rotatable bonds is 12. The molecular formula is C37H40ClN3O4S. The second kappa shape index (κ2) is 15.4. The SMILES string of the molecule is Cc1cccc(N(CC(=O)N(Cc2ccccc2)[C@@H](Cc2ccccc2)C(=O)NC2CCCCC2)S(=O)(=O)c2ccc(Cl)cc2)c1. The molecule has 0 bridgehead atoms. The molecule has 4 aromatic carbocycles. The van der Waals surface area contributed by atoms with Crippen molar-refractivity contribution < 1.29 is 18.0 Å². The molecule has 0 radical (unpaired) electrons. The number of anilines is 1. The molecule has 240 valence electrons. The van der Waals surface area contributed by atoms with E-state index in [1.807, 2.05) is 73.7 Å². The summed E-state index contributed by atoms with van der Waals surface area (Å²) in [5, 5.41) is 3.64. The second-order valence-corrected chi connectivity index (χ2v) is 14.2. The first kappa shape index (κ1) is 33.2. The van der Waals surface area contributed by atoms with Gasteiger partial charge < -0.3 is 10.2 Å². The summed E-state index contributed by atoms with van der Waals surface area (Å²) in [4.78, 5) is 30.3. The lowest BCUT2D eigenvalue weighted by molar-refractivity contribution is -0.140. The zero-order valence-corrected chi connectivity index (χ0v) is 27.6. The number of carbonyl (C=O) groups excluding carboxylic acids is 2. The van der Waals surface area contributed by atoms with Crippen LogP contribution in [0.1, 0.15) is 48.8 Å². The number of aryl methyl sites for hydroxylation is 1. The molecule has 7 nitrogen and oxygen atoms in total. The van der Waals surface area contributed by atoms with Crippen LogP contribution in [-0.2, 0) is 32.6 Å². The number of nitrogens with one attached hydrogen (secondary N) is 1. The van der Waals surface area contributed by atoms with Crippen LogP contribution in [0.15, 0.2) is 114 Å². The molecule has 2 amide bonds. The van der Waals surface area contributed by atoms with Crippen molar-refractivity contribution in [3.8, 4) is 0 Å². The summed E-state index contributed by atoms with van der Waals surface area (Å²) in [6, 6.07) is 31.2. The summed E-state index contributed by atoms with van der Waals surface area (Å²) in [7, 11) is -4.19. The maximum absolute atomic E-state index is 14.6. The Bertz CT molecular complexity index is 1710. The number of sulfonamides is 1. The van der Waals surface area contributed by atoms with Crippen LogP contribution in [0.2, 0.25) is 5.02 Å². The Hall–Kier alpha value is -4.14. The molecule has 46 heavy (non-hydrogen) atoms. The predicted octanol–water partition coefficient (Wildman–Crippen LogP) is 6.93. The van der Waals surface area contributed by atoms with Crippen molar-refractivity contribution in [2.75, 3.05) is 10.8 Å². The van der Waals surface area contributed by atoms with E-state index in [9.17, 15) is 18.0 Å². The molecule has 1 atom stereocenters. The normalized spacial score (nSPS) is 14.3. The average molecular weight is 658 g/mol. The van der Waals surface area contributed by atoms with Crippen molar-refractivity contribution in [2.45, 2.75) is 69.0 Å². The summed E-state index contributed by atoms with van der Waals surface area (Å²) < 4.78 is 29.5. The highest BCUT2D eigenvalue weighted by atomic mass is 35.5. The van der Waals surface area contributed by atoms with Crippen molar-refractivity contribution >= 4 is 39.1 Å². The summed E-state index contributed by atoms with van der Waals surface area (Å²) in [6.45, 7) is 1.51. The predicted molar refractivity (Wildman–Crippen MR) is 183 cm³/mol. The van der Waals surface area contributed by atoms with Gasteiger partial charge in [-0.1, -0.05) is 104 Å². The van der Waals surface area contributed by atoms with Crippen molar-refractivity contribution in [3.63, 3.8) is 0 Å². The lowest BCUT2D eigenvalue weighted by atomic mass is 9.94. The van der Waals surface area contributed by atoms with E-state index >= 15 is 0 Å². The van der Waals surface area contributed by atoms with Crippen LogP contribution >= 0.6 is 11.6 Å². The van der Waals surface area contributed by atoms with Crippen LogP contribution in [0.5, 0.6) is 0 Å². The van der Waals surface area contributed by atoms with E-state index in [1.54, 1.807) is 23.1 Å². The van der Waals surface area contributed by atoms with E-state index in [0.717, 1.165) is 53.1 Å². The minimum atomic E-state index is -4.19. The van der Waals surface area contributed by atoms with Crippen molar-refractivity contribution in [3.05, 3.63) is 131 Å². The lowest BCUT2D eigenvalue weighted by Gasteiger charge is -2.35. The second-order valence-electron chi connectivity index (χ2n) is 11.9. The topological polar surface area (TPSA) is 86.8 Å². The quantitative estimate of drug-likeness (QED) is 0.179. The van der Waals surface area contributed by atoms with E-state index < -0.39 is 28.5 Å². The molecule has 0 unspecified atom stereocenters. The molecule has 0 spiro atoms. The minimum Gasteiger partial charge on any atom is -0.352 e. The first-order valence-electron chi connectivity index (χ1n) is 15.7. The Balaban J connectivity index is 1.55. The smallest absolute Gasteiger partial charge is 0.264 e. The standard InChI is InChI=1S/C37H40ClN3O4S/c1-28-12-11-19-33(24-28)41(46(44,45)34-22-20-31(38)21-23-34)27-36(42)40(26-30-15-7-3-8-16-30)35(25-29-13-5-2-6-14-29)37(43)39-32-17-9-4-10-18-32/h2-3,5-8,11-16,19-24,32,35H,4,9-10,17-18,25-27H2,1H3,(H,39,43)/t35-/m0/s1. The first-order chi connectivity index (χ1) is 22.2. The number of halogens is 1. The van der Waals surface area contributed by atoms with E-state index in [1.165, 1.54) is 24.3 Å². The molecular weight excluding hydrogens is 618 g/mol.